The van der Waals surface area contributed by atoms with E-state index in [1.165, 1.54) is 77.5 Å². The highest BCUT2D eigenvalue weighted by Crippen LogP contribution is 2.44. The molecule has 12 heterocycles. The number of carbonyl (C=O) groups is 2. The molecule has 33 heteroatoms. The van der Waals surface area contributed by atoms with Crippen LogP contribution in [0.4, 0.5) is 49.6 Å². The monoisotopic (exact) mass is 1530 g/mol. The molecule has 0 spiro atoms. The summed E-state index contributed by atoms with van der Waals surface area (Å²) in [7, 11) is -8.90. The molecule has 24 nitrogen and oxygen atoms in total. The minimum absolute atomic E-state index is 0.0390. The number of amides is 2. The molecule has 4 atom stereocenters. The third kappa shape index (κ3) is 19.9. The van der Waals surface area contributed by atoms with Crippen molar-refractivity contribution in [2.75, 3.05) is 46.7 Å². The van der Waals surface area contributed by atoms with Gasteiger partial charge in [-0.3, -0.25) is 9.59 Å². The van der Waals surface area contributed by atoms with Gasteiger partial charge in [0.1, 0.15) is 39.3 Å². The summed E-state index contributed by atoms with van der Waals surface area (Å²) in [6, 6.07) is 24.1. The lowest BCUT2D eigenvalue weighted by molar-refractivity contribution is -0.142. The van der Waals surface area contributed by atoms with Gasteiger partial charge in [-0.05, 0) is 190 Å². The van der Waals surface area contributed by atoms with Crippen molar-refractivity contribution in [1.29, 1.82) is 0 Å². The van der Waals surface area contributed by atoms with Crippen LogP contribution in [0.15, 0.2) is 136 Å². The Morgan fingerprint density at radius 1 is 0.553 bits per heavy atom. The molecule has 103 heavy (non-hydrogen) atoms. The van der Waals surface area contributed by atoms with Gasteiger partial charge in [-0.15, -0.1) is 5.10 Å². The van der Waals surface area contributed by atoms with Gasteiger partial charge in [0.05, 0.1) is 54.0 Å². The molecule has 0 saturated carbocycles. The Kier molecular flexibility index (Phi) is 22.6. The number of halogens is 7. The van der Waals surface area contributed by atoms with Crippen molar-refractivity contribution in [3.8, 4) is 17.6 Å². The first-order chi connectivity index (χ1) is 48.2. The number of sulfonamides is 2. The molecule has 2 fully saturated rings. The van der Waals surface area contributed by atoms with Crippen LogP contribution in [0, 0.1) is 22.7 Å². The van der Waals surface area contributed by atoms with E-state index in [-0.39, 0.29) is 57.2 Å². The van der Waals surface area contributed by atoms with Crippen molar-refractivity contribution >= 4 is 71.1 Å². The molecule has 4 aliphatic heterocycles. The van der Waals surface area contributed by atoms with E-state index >= 15 is 0 Å². The van der Waals surface area contributed by atoms with Crippen molar-refractivity contribution in [1.82, 2.24) is 59.3 Å². The number of nitrogens with one attached hydrogen (secondary N) is 5. The molecule has 552 valence electrons. The number of hydrogen-bond acceptors (Lipinski definition) is 20. The second-order valence-electron chi connectivity index (χ2n) is 29.4. The van der Waals surface area contributed by atoms with Crippen LogP contribution in [0.25, 0.3) is 5.82 Å². The van der Waals surface area contributed by atoms with Crippen LogP contribution in [0.5, 0.6) is 11.8 Å². The van der Waals surface area contributed by atoms with Crippen molar-refractivity contribution in [3.63, 3.8) is 0 Å². The molecule has 2 saturated heterocycles. The average Bonchev–Trinajstić information content (AvgIpc) is 1.68. The molecule has 0 unspecified atom stereocenters. The number of fused-ring (bicyclic) bond motifs is 12. The van der Waals surface area contributed by atoms with E-state index in [1.54, 1.807) is 30.6 Å². The highest BCUT2D eigenvalue weighted by atomic mass is 79.9. The Labute approximate surface area is 602 Å². The molecule has 0 aliphatic carbocycles. The number of aromatic nitrogens is 10. The van der Waals surface area contributed by atoms with Crippen molar-refractivity contribution in [3.05, 3.63) is 160 Å². The summed E-state index contributed by atoms with van der Waals surface area (Å²) in [6.07, 6.45) is -0.666. The molecule has 0 radical (unpaired) electrons. The second-order valence-corrected chi connectivity index (χ2v) is 33.5. The first-order valence-electron chi connectivity index (χ1n) is 33.4. The van der Waals surface area contributed by atoms with E-state index in [2.05, 4.69) is 118 Å². The average molecular weight is 1530 g/mol. The number of alkyl halides is 6. The Bertz CT molecular complexity index is 4570. The Morgan fingerprint density at radius 2 is 1.02 bits per heavy atom. The molecule has 8 bridgehead atoms. The number of aromatic amines is 1. The Morgan fingerprint density at radius 3 is 1.49 bits per heavy atom. The molecule has 5 N–H and O–H groups in total. The summed E-state index contributed by atoms with van der Waals surface area (Å²) in [5, 5.41) is 16.4. The lowest BCUT2D eigenvalue weighted by Gasteiger charge is -2.34. The molecule has 8 aromatic rings. The number of ether oxygens (including phenoxy) is 2. The van der Waals surface area contributed by atoms with Crippen molar-refractivity contribution in [2.24, 2.45) is 22.7 Å². The summed E-state index contributed by atoms with van der Waals surface area (Å²) >= 11 is 3.35. The van der Waals surface area contributed by atoms with Gasteiger partial charge < -0.3 is 29.9 Å². The number of nitrogens with zero attached hydrogens (tertiary/aromatic N) is 11. The fourth-order valence-corrected chi connectivity index (χ4v) is 14.7. The van der Waals surface area contributed by atoms with E-state index in [0.717, 1.165) is 43.9 Å². The predicted octanol–water partition coefficient (Wildman–Crippen LogP) is 14.1. The normalized spacial score (nSPS) is 20.1. The summed E-state index contributed by atoms with van der Waals surface area (Å²) in [6.45, 7) is 23.2. The number of H-pyrrole nitrogens is 1. The highest BCUT2D eigenvalue weighted by Gasteiger charge is 2.44. The Hall–Kier alpha value is -8.98. The lowest BCUT2D eigenvalue weighted by atomic mass is 9.91. The highest BCUT2D eigenvalue weighted by molar-refractivity contribution is 9.10. The minimum atomic E-state index is -4.65. The van der Waals surface area contributed by atoms with Gasteiger partial charge in [0.2, 0.25) is 11.8 Å². The predicted molar refractivity (Wildman–Crippen MR) is 378 cm³/mol. The standard InChI is InChI=1S/C35H41F3N8O4S.C26H26BrF3N6O3S.C9H16N2O/c1-33(2,3)17-19-50-29-16-18-46(43-29)28-15-13-23-31(42-28)45-21-22(20-34(45,4)5)12-14-25(24-8-6-9-26(39-24)35(36,37)38)40-27-10-7-11-30(41-27)51(48,49)44-32(23)47;1-25(2)13-15-9-11-18(17-5-3-6-19(31-17)26(28,29)30)32-21-7-4-8-22(34-21)40(38,39)35-24(37)16-10-12-20(27)33-23(16)36(25)14-15;1-9(2,3)5-7-12-8-4-6-10-11-8/h6-11,13,15-16,18,22,25H,12,14,17,19-21H2,1-5H3,(H,40,41)(H,44,47);3-8,10,12,15,18H,9,11,13-14H2,1-2H3,(H,32,34)(H,35,37);4,6H,5,7H2,1-3H3,(H,10,11)/t22-,25+;15-,18+;/m00./s1. The SMILES string of the molecule is CC(C)(C)CCOc1ccn(-c2ccc3c(n2)N2C[C@@H](CC[C@H](c4cccc(C(F)(F)F)n4)Nc4cccc(n4)S(=O)(=O)NC3=O)CC2(C)C)n1.CC(C)(C)CCOc1ccn[nH]1.CC1(C)C[C@@H]2CC[C@H](c3cccc(C(F)(F)F)n3)Nc3cccc(n3)S(=O)(=O)NC(=O)c3ccc(Br)nc3N1C2. The zero-order chi connectivity index (χ0) is 74.7. The van der Waals surface area contributed by atoms with E-state index < -0.39 is 88.8 Å². The number of rotatable bonds is 9. The van der Waals surface area contributed by atoms with Gasteiger partial charge in [0.25, 0.3) is 31.9 Å². The minimum Gasteiger partial charge on any atom is -0.478 e. The number of carbonyl (C=O) groups excluding carboxylic acids is 2. The molecular weight excluding hydrogens is 1450 g/mol. The molecule has 4 aliphatic rings. The maximum Gasteiger partial charge on any atom is 0.433 e. The third-order valence-corrected chi connectivity index (χ3v) is 20.7. The van der Waals surface area contributed by atoms with Crippen LogP contribution >= 0.6 is 15.9 Å². The second kappa shape index (κ2) is 30.4. The smallest absolute Gasteiger partial charge is 0.433 e. The van der Waals surface area contributed by atoms with Crippen LogP contribution in [-0.2, 0) is 32.4 Å². The summed E-state index contributed by atoms with van der Waals surface area (Å²) in [5.41, 5.74) is -2.16. The lowest BCUT2D eigenvalue weighted by Crippen LogP contribution is -2.41. The zero-order valence-electron chi connectivity index (χ0n) is 58.5. The van der Waals surface area contributed by atoms with Gasteiger partial charge in [0, 0.05) is 42.5 Å². The first kappa shape index (κ1) is 76.7. The summed E-state index contributed by atoms with van der Waals surface area (Å²) < 4.78 is 152. The maximum atomic E-state index is 13.8. The van der Waals surface area contributed by atoms with Gasteiger partial charge in [0.15, 0.2) is 15.9 Å². The van der Waals surface area contributed by atoms with E-state index in [1.807, 2.05) is 43.6 Å². The molecule has 8 aromatic heterocycles. The summed E-state index contributed by atoms with van der Waals surface area (Å²) in [5.74, 6) is 0.777. The molecule has 0 aromatic carbocycles. The van der Waals surface area contributed by atoms with Crippen LogP contribution in [0.2, 0.25) is 0 Å². The third-order valence-electron chi connectivity index (χ3n) is 17.8. The van der Waals surface area contributed by atoms with Gasteiger partial charge in [-0.25, -0.2) is 49.1 Å². The zero-order valence-corrected chi connectivity index (χ0v) is 61.7. The number of pyridine rings is 6. The van der Waals surface area contributed by atoms with Gasteiger partial charge in [-0.2, -0.15) is 48.3 Å². The largest absolute Gasteiger partial charge is 0.478 e. The fourth-order valence-electron chi connectivity index (χ4n) is 12.5. The van der Waals surface area contributed by atoms with Gasteiger partial charge >= 0.3 is 12.4 Å². The van der Waals surface area contributed by atoms with Crippen LogP contribution < -0.4 is 39.4 Å². The van der Waals surface area contributed by atoms with Crippen LogP contribution in [0.3, 0.4) is 0 Å². The molecule has 2 amide bonds. The van der Waals surface area contributed by atoms with E-state index in [9.17, 15) is 52.8 Å². The maximum absolute atomic E-state index is 13.8. The van der Waals surface area contributed by atoms with Crippen LogP contribution in [-0.4, -0.2) is 116 Å². The van der Waals surface area contributed by atoms with Crippen molar-refractivity contribution < 1.29 is 62.2 Å². The topological polar surface area (TPSA) is 299 Å². The van der Waals surface area contributed by atoms with E-state index in [4.69, 9.17) is 14.5 Å². The Balaban J connectivity index is 0.000000194. The van der Waals surface area contributed by atoms with Crippen molar-refractivity contribution in [2.45, 2.75) is 166 Å². The van der Waals surface area contributed by atoms with Crippen LogP contribution in [0.1, 0.15) is 176 Å². The molecule has 12 rings (SSSR count). The van der Waals surface area contributed by atoms with E-state index in [0.29, 0.717) is 79.3 Å². The van der Waals surface area contributed by atoms with Gasteiger partial charge in [-0.1, -0.05) is 65.8 Å². The summed E-state index contributed by atoms with van der Waals surface area (Å²) in [4.78, 5) is 56.6. The number of hydrogen-bond donors (Lipinski definition) is 5. The molecular formula is C70H83BrF6N16O8S2. The fraction of sp³-hybridized carbons (Fsp3) is 0.457. The quantitative estimate of drug-likeness (QED) is 0.0662. The number of anilines is 4. The first-order valence-corrected chi connectivity index (χ1v) is 37.2.